The molecule has 0 unspecified atom stereocenters. The van der Waals surface area contributed by atoms with E-state index in [1.54, 1.807) is 12.1 Å². The molecule has 0 saturated carbocycles. The summed E-state index contributed by atoms with van der Waals surface area (Å²) < 4.78 is 0. The molecule has 0 aromatic heterocycles. The minimum Gasteiger partial charge on any atom is -0.504 e. The zero-order valence-electron chi connectivity index (χ0n) is 22.5. The monoisotopic (exact) mass is 476 g/mol. The maximum atomic E-state index is 9.55. The topological polar surface area (TPSA) is 60.7 Å². The molecular formula is C31H56O3. The summed E-state index contributed by atoms with van der Waals surface area (Å²) in [6, 6.07) is 3.10. The number of aromatic hydroxyl groups is 3. The van der Waals surface area contributed by atoms with Crippen molar-refractivity contribution in [3.63, 3.8) is 0 Å². The molecule has 0 aliphatic rings. The first-order chi connectivity index (χ1) is 16.6. The van der Waals surface area contributed by atoms with Crippen molar-refractivity contribution in [1.82, 2.24) is 0 Å². The molecule has 0 saturated heterocycles. The van der Waals surface area contributed by atoms with Gasteiger partial charge in [-0.15, -0.1) is 0 Å². The highest BCUT2D eigenvalue weighted by molar-refractivity contribution is 5.51. The van der Waals surface area contributed by atoms with Gasteiger partial charge in [0.25, 0.3) is 0 Å². The van der Waals surface area contributed by atoms with Crippen LogP contribution in [0.25, 0.3) is 0 Å². The molecular weight excluding hydrogens is 420 g/mol. The molecule has 198 valence electrons. The fourth-order valence-corrected chi connectivity index (χ4v) is 4.92. The Bertz CT molecular complexity index is 561. The maximum absolute atomic E-state index is 9.55. The number of hydrogen-bond acceptors (Lipinski definition) is 3. The van der Waals surface area contributed by atoms with Crippen molar-refractivity contribution in [2.45, 2.75) is 161 Å². The molecule has 0 aliphatic carbocycles. The van der Waals surface area contributed by atoms with Crippen molar-refractivity contribution >= 4 is 0 Å². The molecule has 1 rings (SSSR count). The number of phenols is 3. The van der Waals surface area contributed by atoms with Crippen molar-refractivity contribution in [1.29, 1.82) is 0 Å². The van der Waals surface area contributed by atoms with Gasteiger partial charge in [-0.05, 0) is 30.5 Å². The zero-order valence-corrected chi connectivity index (χ0v) is 22.5. The highest BCUT2D eigenvalue weighted by Crippen LogP contribution is 2.35. The van der Waals surface area contributed by atoms with Gasteiger partial charge in [0.1, 0.15) is 0 Å². The van der Waals surface area contributed by atoms with E-state index in [1.807, 2.05) is 0 Å². The average Bonchev–Trinajstić information content (AvgIpc) is 2.83. The maximum Gasteiger partial charge on any atom is 0.200 e. The van der Waals surface area contributed by atoms with E-state index in [2.05, 4.69) is 6.92 Å². The van der Waals surface area contributed by atoms with E-state index < -0.39 is 5.75 Å². The molecule has 0 fully saturated rings. The third-order valence-corrected chi connectivity index (χ3v) is 7.20. The van der Waals surface area contributed by atoms with Gasteiger partial charge in [-0.25, -0.2) is 0 Å². The molecule has 0 heterocycles. The Kier molecular flexibility index (Phi) is 19.9. The van der Waals surface area contributed by atoms with Gasteiger partial charge >= 0.3 is 0 Å². The highest BCUT2D eigenvalue weighted by atomic mass is 16.3. The van der Waals surface area contributed by atoms with E-state index in [1.165, 1.54) is 141 Å². The molecule has 3 nitrogen and oxygen atoms in total. The first-order valence-electron chi connectivity index (χ1n) is 14.9. The summed E-state index contributed by atoms with van der Waals surface area (Å²) in [6.45, 7) is 2.29. The Morgan fingerprint density at radius 1 is 0.412 bits per heavy atom. The smallest absolute Gasteiger partial charge is 0.200 e. The first-order valence-corrected chi connectivity index (χ1v) is 14.9. The van der Waals surface area contributed by atoms with Crippen LogP contribution in [0.4, 0.5) is 0 Å². The SMILES string of the molecule is CCCCCCCCCCCCCCCCCCCCCCCCCc1cc(O)c(O)c(O)c1. The predicted octanol–water partition coefficient (Wildman–Crippen LogP) is 10.3. The number of aryl methyl sites for hydroxylation is 1. The van der Waals surface area contributed by atoms with Crippen LogP contribution in [-0.2, 0) is 6.42 Å². The van der Waals surface area contributed by atoms with Gasteiger partial charge < -0.3 is 15.3 Å². The van der Waals surface area contributed by atoms with Gasteiger partial charge in [0.2, 0.25) is 0 Å². The molecule has 3 heteroatoms. The lowest BCUT2D eigenvalue weighted by molar-refractivity contribution is 0.367. The molecule has 3 N–H and O–H groups in total. The second-order valence-electron chi connectivity index (χ2n) is 10.5. The summed E-state index contributed by atoms with van der Waals surface area (Å²) in [5.41, 5.74) is 0.885. The number of unbranched alkanes of at least 4 members (excludes halogenated alkanes) is 22. The van der Waals surface area contributed by atoms with E-state index in [4.69, 9.17) is 0 Å². The number of benzene rings is 1. The Labute approximate surface area is 211 Å². The fraction of sp³-hybridized carbons (Fsp3) is 0.806. The number of rotatable bonds is 24. The lowest BCUT2D eigenvalue weighted by Crippen LogP contribution is -1.87. The van der Waals surface area contributed by atoms with Crippen LogP contribution in [0.1, 0.15) is 160 Å². The standard InChI is InChI=1S/C31H56O3/c1-2-3-4-5-6-7-8-9-10-11-12-13-14-15-16-17-18-19-20-21-22-23-24-25-28-26-29(32)31(34)30(33)27-28/h26-27,32-34H,2-25H2,1H3. The Morgan fingerprint density at radius 3 is 0.971 bits per heavy atom. The lowest BCUT2D eigenvalue weighted by Gasteiger charge is -2.06. The van der Waals surface area contributed by atoms with Gasteiger partial charge in [-0.3, -0.25) is 0 Å². The van der Waals surface area contributed by atoms with Crippen molar-refractivity contribution in [2.24, 2.45) is 0 Å². The van der Waals surface area contributed by atoms with Gasteiger partial charge in [0.15, 0.2) is 17.2 Å². The van der Waals surface area contributed by atoms with Crippen LogP contribution in [0, 0.1) is 0 Å². The molecule has 1 aromatic carbocycles. The molecule has 1 aromatic rings. The summed E-state index contributed by atoms with van der Waals surface area (Å²) >= 11 is 0. The Hall–Kier alpha value is -1.38. The van der Waals surface area contributed by atoms with Gasteiger partial charge in [0.05, 0.1) is 0 Å². The van der Waals surface area contributed by atoms with E-state index in [-0.39, 0.29) is 11.5 Å². The summed E-state index contributed by atoms with van der Waals surface area (Å²) in [4.78, 5) is 0. The molecule has 34 heavy (non-hydrogen) atoms. The largest absolute Gasteiger partial charge is 0.504 e. The third kappa shape index (κ3) is 17.1. The van der Waals surface area contributed by atoms with Crippen LogP contribution >= 0.6 is 0 Å². The van der Waals surface area contributed by atoms with E-state index in [0.29, 0.717) is 0 Å². The summed E-state index contributed by atoms with van der Waals surface area (Å²) in [6.07, 6.45) is 32.8. The van der Waals surface area contributed by atoms with Crippen LogP contribution in [-0.4, -0.2) is 15.3 Å². The summed E-state index contributed by atoms with van der Waals surface area (Å²) in [5, 5.41) is 28.5. The van der Waals surface area contributed by atoms with Crippen LogP contribution in [0.5, 0.6) is 17.2 Å². The molecule has 0 atom stereocenters. The third-order valence-electron chi connectivity index (χ3n) is 7.20. The molecule has 0 aliphatic heterocycles. The number of phenolic OH excluding ortho intramolecular Hbond substituents is 3. The van der Waals surface area contributed by atoms with Crippen molar-refractivity contribution in [3.05, 3.63) is 17.7 Å². The number of hydrogen-bond donors (Lipinski definition) is 3. The van der Waals surface area contributed by atoms with E-state index in [9.17, 15) is 15.3 Å². The fourth-order valence-electron chi connectivity index (χ4n) is 4.92. The van der Waals surface area contributed by atoms with Gasteiger partial charge in [-0.2, -0.15) is 0 Å². The zero-order chi connectivity index (χ0) is 24.7. The van der Waals surface area contributed by atoms with Crippen LogP contribution in [0.3, 0.4) is 0 Å². The first kappa shape index (κ1) is 30.7. The minimum absolute atomic E-state index is 0.232. The van der Waals surface area contributed by atoms with Crippen molar-refractivity contribution in [3.8, 4) is 17.2 Å². The van der Waals surface area contributed by atoms with Gasteiger partial charge in [-0.1, -0.05) is 148 Å². The quantitative estimate of drug-likeness (QED) is 0.103. The minimum atomic E-state index is -0.423. The second-order valence-corrected chi connectivity index (χ2v) is 10.5. The van der Waals surface area contributed by atoms with Crippen molar-refractivity contribution in [2.75, 3.05) is 0 Å². The summed E-state index contributed by atoms with van der Waals surface area (Å²) in [5.74, 6) is -0.888. The average molecular weight is 477 g/mol. The summed E-state index contributed by atoms with van der Waals surface area (Å²) in [7, 11) is 0. The molecule has 0 bridgehead atoms. The van der Waals surface area contributed by atoms with Crippen LogP contribution in [0.2, 0.25) is 0 Å². The molecule has 0 amide bonds. The van der Waals surface area contributed by atoms with Crippen LogP contribution in [0.15, 0.2) is 12.1 Å². The van der Waals surface area contributed by atoms with Crippen molar-refractivity contribution < 1.29 is 15.3 Å². The Balaban J connectivity index is 1.74. The van der Waals surface area contributed by atoms with E-state index >= 15 is 0 Å². The predicted molar refractivity (Wildman–Crippen MR) is 147 cm³/mol. The van der Waals surface area contributed by atoms with Crippen LogP contribution < -0.4 is 0 Å². The Morgan fingerprint density at radius 2 is 0.676 bits per heavy atom. The second kappa shape index (κ2) is 22.1. The normalized spacial score (nSPS) is 11.3. The van der Waals surface area contributed by atoms with Gasteiger partial charge in [0, 0.05) is 0 Å². The highest BCUT2D eigenvalue weighted by Gasteiger charge is 2.07. The molecule has 0 spiro atoms. The van der Waals surface area contributed by atoms with E-state index in [0.717, 1.165) is 18.4 Å². The lowest BCUT2D eigenvalue weighted by atomic mass is 10.0. The molecule has 0 radical (unpaired) electrons.